The van der Waals surface area contributed by atoms with Gasteiger partial charge in [-0.2, -0.15) is 26.3 Å². The second-order valence-electron chi connectivity index (χ2n) is 6.81. The quantitative estimate of drug-likeness (QED) is 0.595. The van der Waals surface area contributed by atoms with Crippen LogP contribution in [0.1, 0.15) is 39.0 Å². The van der Waals surface area contributed by atoms with Gasteiger partial charge in [0.2, 0.25) is 0 Å². The molecular weight excluding hydrogens is 346 g/mol. The average molecular weight is 364 g/mol. The van der Waals surface area contributed by atoms with Crippen molar-refractivity contribution in [3.8, 4) is 0 Å². The zero-order valence-electron chi connectivity index (χ0n) is 12.7. The summed E-state index contributed by atoms with van der Waals surface area (Å²) in [5.41, 5.74) is -6.27. The molecule has 2 N–H and O–H groups in total. The predicted molar refractivity (Wildman–Crippen MR) is 67.6 cm³/mol. The van der Waals surface area contributed by atoms with Gasteiger partial charge < -0.3 is 14.9 Å². The summed E-state index contributed by atoms with van der Waals surface area (Å²) in [7, 11) is 0. The molecule has 4 atom stereocenters. The van der Waals surface area contributed by atoms with Crippen LogP contribution in [0.5, 0.6) is 0 Å². The summed E-state index contributed by atoms with van der Waals surface area (Å²) in [5.74, 6) is -1.88. The van der Waals surface area contributed by atoms with Crippen molar-refractivity contribution in [2.75, 3.05) is 0 Å². The Hall–Kier alpha value is -1.03. The van der Waals surface area contributed by atoms with Crippen molar-refractivity contribution in [2.45, 2.75) is 68.7 Å². The van der Waals surface area contributed by atoms with E-state index >= 15 is 0 Å². The van der Waals surface area contributed by atoms with E-state index in [4.69, 9.17) is 5.11 Å². The van der Waals surface area contributed by atoms with E-state index < -0.39 is 48.0 Å². The van der Waals surface area contributed by atoms with Crippen molar-refractivity contribution in [2.24, 2.45) is 11.8 Å². The van der Waals surface area contributed by atoms with Crippen LogP contribution in [-0.2, 0) is 9.53 Å². The molecule has 2 saturated carbocycles. The standard InChI is InChI=1S/C14H18F6O4/c1-7(5-12(23,13(15,16)17)14(18,19)20)24-10(21)9-4-8-2-3-11(9,22)6-8/h7-9,22-23H,2-6H2,1H3. The summed E-state index contributed by atoms with van der Waals surface area (Å²) in [6.07, 6.45) is -13.9. The highest BCUT2D eigenvalue weighted by atomic mass is 19.4. The second kappa shape index (κ2) is 5.76. The molecule has 0 spiro atoms. The van der Waals surface area contributed by atoms with Crippen molar-refractivity contribution in [3.63, 3.8) is 0 Å². The SMILES string of the molecule is CC(CC(O)(C(F)(F)F)C(F)(F)F)OC(=O)C1CC2CCC1(O)C2. The Balaban J connectivity index is 2.04. The summed E-state index contributed by atoms with van der Waals surface area (Å²) in [4.78, 5) is 12.0. The van der Waals surface area contributed by atoms with E-state index in [1.54, 1.807) is 0 Å². The third kappa shape index (κ3) is 3.22. The van der Waals surface area contributed by atoms with E-state index in [-0.39, 0.29) is 5.92 Å². The molecule has 0 aromatic carbocycles. The van der Waals surface area contributed by atoms with Gasteiger partial charge in [-0.3, -0.25) is 4.79 Å². The minimum absolute atomic E-state index is 0.102. The number of esters is 1. The number of alkyl halides is 6. The van der Waals surface area contributed by atoms with Gasteiger partial charge in [0.05, 0.1) is 11.5 Å². The van der Waals surface area contributed by atoms with Gasteiger partial charge in [-0.15, -0.1) is 0 Å². The number of carbonyl (C=O) groups excluding carboxylic acids is 1. The van der Waals surface area contributed by atoms with Crippen LogP contribution >= 0.6 is 0 Å². The zero-order chi connectivity index (χ0) is 18.6. The van der Waals surface area contributed by atoms with Gasteiger partial charge in [0.1, 0.15) is 6.10 Å². The fourth-order valence-electron chi connectivity index (χ4n) is 3.67. The number of aliphatic hydroxyl groups is 2. The Labute approximate surface area is 133 Å². The Morgan fingerprint density at radius 3 is 2.17 bits per heavy atom. The number of fused-ring (bicyclic) bond motifs is 2. The first kappa shape index (κ1) is 19.3. The largest absolute Gasteiger partial charge is 0.462 e. The number of hydrogen-bond acceptors (Lipinski definition) is 4. The van der Waals surface area contributed by atoms with Gasteiger partial charge in [-0.1, -0.05) is 0 Å². The minimum Gasteiger partial charge on any atom is -0.462 e. The smallest absolute Gasteiger partial charge is 0.426 e. The molecule has 0 aromatic rings. The van der Waals surface area contributed by atoms with Crippen LogP contribution in [0, 0.1) is 11.8 Å². The molecule has 2 aliphatic rings. The highest BCUT2D eigenvalue weighted by molar-refractivity contribution is 5.75. The third-order valence-corrected chi connectivity index (χ3v) is 4.97. The zero-order valence-corrected chi connectivity index (χ0v) is 12.7. The first-order chi connectivity index (χ1) is 10.7. The van der Waals surface area contributed by atoms with Gasteiger partial charge in [0.15, 0.2) is 0 Å². The molecule has 0 amide bonds. The molecule has 140 valence electrons. The fraction of sp³-hybridized carbons (Fsp3) is 0.929. The lowest BCUT2D eigenvalue weighted by Crippen LogP contribution is -2.58. The Bertz CT molecular complexity index is 488. The normalized spacial score (nSPS) is 32.0. The van der Waals surface area contributed by atoms with E-state index in [0.717, 1.165) is 13.3 Å². The summed E-state index contributed by atoms with van der Waals surface area (Å²) >= 11 is 0. The highest BCUT2D eigenvalue weighted by Gasteiger charge is 2.70. The first-order valence-electron chi connectivity index (χ1n) is 7.48. The molecule has 4 unspecified atom stereocenters. The minimum atomic E-state index is -5.96. The molecule has 0 aliphatic heterocycles. The van der Waals surface area contributed by atoms with Gasteiger partial charge in [0, 0.05) is 6.42 Å². The maximum absolute atomic E-state index is 12.6. The van der Waals surface area contributed by atoms with Crippen molar-refractivity contribution in [3.05, 3.63) is 0 Å². The van der Waals surface area contributed by atoms with Gasteiger partial charge in [-0.05, 0) is 38.5 Å². The topological polar surface area (TPSA) is 66.8 Å². The molecule has 10 heteroatoms. The Kier molecular flexibility index (Phi) is 4.63. The number of rotatable bonds is 4. The number of hydrogen-bond donors (Lipinski definition) is 2. The monoisotopic (exact) mass is 364 g/mol. The molecule has 0 heterocycles. The lowest BCUT2D eigenvalue weighted by molar-refractivity contribution is -0.373. The van der Waals surface area contributed by atoms with Gasteiger partial charge in [0.25, 0.3) is 5.60 Å². The van der Waals surface area contributed by atoms with E-state index in [1.165, 1.54) is 0 Å². The molecule has 0 saturated heterocycles. The summed E-state index contributed by atoms with van der Waals surface area (Å²) < 4.78 is 80.5. The van der Waals surface area contributed by atoms with E-state index in [1.807, 2.05) is 0 Å². The summed E-state index contributed by atoms with van der Waals surface area (Å²) in [6.45, 7) is 0.845. The predicted octanol–water partition coefficient (Wildman–Crippen LogP) is 2.72. The van der Waals surface area contributed by atoms with Crippen molar-refractivity contribution in [1.82, 2.24) is 0 Å². The van der Waals surface area contributed by atoms with Crippen molar-refractivity contribution >= 4 is 5.97 Å². The molecule has 2 bridgehead atoms. The second-order valence-corrected chi connectivity index (χ2v) is 6.81. The van der Waals surface area contributed by atoms with E-state index in [2.05, 4.69) is 4.74 Å². The van der Waals surface area contributed by atoms with Crippen LogP contribution in [0.2, 0.25) is 0 Å². The molecule has 24 heavy (non-hydrogen) atoms. The molecule has 0 radical (unpaired) electrons. The lowest BCUT2D eigenvalue weighted by Gasteiger charge is -2.35. The van der Waals surface area contributed by atoms with Crippen molar-refractivity contribution in [1.29, 1.82) is 0 Å². The molecule has 2 aliphatic carbocycles. The summed E-state index contributed by atoms with van der Waals surface area (Å²) in [6, 6.07) is 0. The molecule has 2 rings (SSSR count). The van der Waals surface area contributed by atoms with Crippen LogP contribution < -0.4 is 0 Å². The van der Waals surface area contributed by atoms with E-state index in [9.17, 15) is 36.2 Å². The number of ether oxygens (including phenoxy) is 1. The van der Waals surface area contributed by atoms with Crippen molar-refractivity contribution < 1.29 is 46.1 Å². The van der Waals surface area contributed by atoms with Crippen LogP contribution in [0.3, 0.4) is 0 Å². The lowest BCUT2D eigenvalue weighted by atomic mass is 9.85. The molecule has 0 aromatic heterocycles. The molecular formula is C14H18F6O4. The van der Waals surface area contributed by atoms with Gasteiger partial charge >= 0.3 is 18.3 Å². The highest BCUT2D eigenvalue weighted by Crippen LogP contribution is 2.52. The third-order valence-electron chi connectivity index (χ3n) is 4.97. The Morgan fingerprint density at radius 1 is 1.25 bits per heavy atom. The Morgan fingerprint density at radius 2 is 1.79 bits per heavy atom. The van der Waals surface area contributed by atoms with Crippen LogP contribution in [0.4, 0.5) is 26.3 Å². The van der Waals surface area contributed by atoms with Crippen LogP contribution in [-0.4, -0.2) is 45.8 Å². The average Bonchev–Trinajstić information content (AvgIpc) is 2.90. The number of carbonyl (C=O) groups is 1. The van der Waals surface area contributed by atoms with E-state index in [0.29, 0.717) is 19.3 Å². The molecule has 4 nitrogen and oxygen atoms in total. The molecule has 2 fully saturated rings. The number of halogens is 6. The maximum Gasteiger partial charge on any atom is 0.426 e. The maximum atomic E-state index is 12.6. The van der Waals surface area contributed by atoms with Crippen LogP contribution in [0.25, 0.3) is 0 Å². The first-order valence-corrected chi connectivity index (χ1v) is 7.48. The van der Waals surface area contributed by atoms with Crippen LogP contribution in [0.15, 0.2) is 0 Å². The van der Waals surface area contributed by atoms with Gasteiger partial charge in [-0.25, -0.2) is 0 Å². The fourth-order valence-corrected chi connectivity index (χ4v) is 3.67. The summed E-state index contributed by atoms with van der Waals surface area (Å²) in [5, 5.41) is 19.4.